The van der Waals surface area contributed by atoms with Crippen LogP contribution in [0.2, 0.25) is 0 Å². The van der Waals surface area contributed by atoms with Crippen molar-refractivity contribution < 1.29 is 23.5 Å². The Kier molecular flexibility index (Phi) is 4.76. The molecule has 28 heavy (non-hydrogen) atoms. The second-order valence-electron chi connectivity index (χ2n) is 6.33. The predicted molar refractivity (Wildman–Crippen MR) is 101 cm³/mol. The van der Waals surface area contributed by atoms with Crippen molar-refractivity contribution in [1.82, 2.24) is 4.90 Å². The summed E-state index contributed by atoms with van der Waals surface area (Å²) in [5.74, 6) is -1.08. The number of rotatable bonds is 6. The first-order chi connectivity index (χ1) is 13.7. The molecule has 0 fully saturated rings. The fraction of sp³-hybridized carbons (Fsp3) is 0.136. The zero-order valence-corrected chi connectivity index (χ0v) is 15.0. The molecule has 2 heterocycles. The van der Waals surface area contributed by atoms with E-state index < -0.39 is 5.97 Å². The summed E-state index contributed by atoms with van der Waals surface area (Å²) in [5.41, 5.74) is 2.33. The van der Waals surface area contributed by atoms with Gasteiger partial charge in [0.1, 0.15) is 0 Å². The fourth-order valence-electron chi connectivity index (χ4n) is 3.21. The molecule has 0 atom stereocenters. The Hall–Kier alpha value is -3.67. The van der Waals surface area contributed by atoms with Crippen LogP contribution in [0.5, 0.6) is 0 Å². The molecule has 0 unspecified atom stereocenters. The van der Waals surface area contributed by atoms with Gasteiger partial charge in [-0.15, -0.1) is 0 Å². The van der Waals surface area contributed by atoms with Gasteiger partial charge < -0.3 is 9.15 Å². The van der Waals surface area contributed by atoms with Crippen LogP contribution in [0.3, 0.4) is 0 Å². The third kappa shape index (κ3) is 3.20. The number of furan rings is 1. The van der Waals surface area contributed by atoms with E-state index in [9.17, 15) is 14.4 Å². The van der Waals surface area contributed by atoms with Crippen molar-refractivity contribution in [2.45, 2.75) is 6.42 Å². The first-order valence-electron chi connectivity index (χ1n) is 8.92. The Labute approximate surface area is 161 Å². The van der Waals surface area contributed by atoms with Gasteiger partial charge in [-0.25, -0.2) is 4.79 Å². The van der Waals surface area contributed by atoms with Crippen LogP contribution in [-0.2, 0) is 4.74 Å². The lowest BCUT2D eigenvalue weighted by Crippen LogP contribution is -2.31. The summed E-state index contributed by atoms with van der Waals surface area (Å²) in [6.07, 6.45) is 1.79. The minimum Gasteiger partial charge on any atom is -0.460 e. The van der Waals surface area contributed by atoms with E-state index in [-0.39, 0.29) is 30.7 Å². The summed E-state index contributed by atoms with van der Waals surface area (Å²) >= 11 is 0. The molecule has 0 saturated heterocycles. The molecular weight excluding hydrogens is 358 g/mol. The Morgan fingerprint density at radius 1 is 0.857 bits per heavy atom. The van der Waals surface area contributed by atoms with Gasteiger partial charge in [0.2, 0.25) is 5.76 Å². The summed E-state index contributed by atoms with van der Waals surface area (Å²) in [7, 11) is 0. The highest BCUT2D eigenvalue weighted by Gasteiger charge is 2.34. The molecule has 1 aromatic heterocycles. The first kappa shape index (κ1) is 17.7. The van der Waals surface area contributed by atoms with Gasteiger partial charge in [0, 0.05) is 12.1 Å². The van der Waals surface area contributed by atoms with E-state index in [2.05, 4.69) is 0 Å². The average molecular weight is 375 g/mol. The molecule has 6 nitrogen and oxygen atoms in total. The summed E-state index contributed by atoms with van der Waals surface area (Å²) in [6.45, 7) is 0.254. The number of fused-ring (bicyclic) bond motifs is 1. The zero-order valence-electron chi connectivity index (χ0n) is 15.0. The van der Waals surface area contributed by atoms with E-state index in [1.165, 1.54) is 11.2 Å². The van der Waals surface area contributed by atoms with Gasteiger partial charge >= 0.3 is 5.97 Å². The summed E-state index contributed by atoms with van der Waals surface area (Å²) in [4.78, 5) is 38.1. The fourth-order valence-corrected chi connectivity index (χ4v) is 3.21. The van der Waals surface area contributed by atoms with Crippen molar-refractivity contribution in [3.8, 4) is 11.1 Å². The molecule has 0 bridgehead atoms. The van der Waals surface area contributed by atoms with E-state index in [0.717, 1.165) is 5.56 Å². The number of hydrogen-bond donors (Lipinski definition) is 0. The van der Waals surface area contributed by atoms with Crippen LogP contribution in [0.25, 0.3) is 11.1 Å². The monoisotopic (exact) mass is 375 g/mol. The van der Waals surface area contributed by atoms with Crippen molar-refractivity contribution in [1.29, 1.82) is 0 Å². The average Bonchev–Trinajstić information content (AvgIpc) is 3.31. The molecule has 1 aliphatic heterocycles. The maximum absolute atomic E-state index is 12.3. The lowest BCUT2D eigenvalue weighted by Gasteiger charge is -2.13. The van der Waals surface area contributed by atoms with Crippen LogP contribution in [-0.4, -0.2) is 35.8 Å². The van der Waals surface area contributed by atoms with Crippen molar-refractivity contribution >= 4 is 17.8 Å². The van der Waals surface area contributed by atoms with Crippen LogP contribution in [0, 0.1) is 0 Å². The normalized spacial score (nSPS) is 12.9. The Morgan fingerprint density at radius 3 is 2.18 bits per heavy atom. The van der Waals surface area contributed by atoms with Crippen molar-refractivity contribution in [2.24, 2.45) is 0 Å². The van der Waals surface area contributed by atoms with Crippen molar-refractivity contribution in [3.63, 3.8) is 0 Å². The third-order valence-electron chi connectivity index (χ3n) is 4.57. The molecule has 1 aliphatic rings. The van der Waals surface area contributed by atoms with Gasteiger partial charge in [0.25, 0.3) is 11.8 Å². The standard InChI is InChI=1S/C22H17NO5/c24-20-17-9-4-5-10-18(17)21(25)23(20)12-6-13-28-22(26)19-16(11-14-27-19)15-7-2-1-3-8-15/h1-5,7-11,14H,6,12-13H2. The van der Waals surface area contributed by atoms with Crippen LogP contribution < -0.4 is 0 Å². The number of carbonyl (C=O) groups excluding carboxylic acids is 3. The maximum Gasteiger partial charge on any atom is 0.374 e. The van der Waals surface area contributed by atoms with E-state index in [4.69, 9.17) is 9.15 Å². The molecule has 0 radical (unpaired) electrons. The number of nitrogens with zero attached hydrogens (tertiary/aromatic N) is 1. The number of imide groups is 1. The number of ether oxygens (including phenoxy) is 1. The van der Waals surface area contributed by atoms with E-state index in [1.54, 1.807) is 30.3 Å². The summed E-state index contributed by atoms with van der Waals surface area (Å²) < 4.78 is 10.6. The smallest absolute Gasteiger partial charge is 0.374 e. The highest BCUT2D eigenvalue weighted by molar-refractivity contribution is 6.21. The highest BCUT2D eigenvalue weighted by Crippen LogP contribution is 2.25. The zero-order chi connectivity index (χ0) is 19.5. The topological polar surface area (TPSA) is 76.8 Å². The molecule has 6 heteroatoms. The number of benzene rings is 2. The summed E-state index contributed by atoms with van der Waals surface area (Å²) in [6, 6.07) is 17.8. The number of carbonyl (C=O) groups is 3. The van der Waals surface area contributed by atoms with Gasteiger partial charge in [0.15, 0.2) is 0 Å². The van der Waals surface area contributed by atoms with Crippen LogP contribution >= 0.6 is 0 Å². The lowest BCUT2D eigenvalue weighted by molar-refractivity contribution is 0.0450. The quantitative estimate of drug-likeness (QED) is 0.372. The Morgan fingerprint density at radius 2 is 1.50 bits per heavy atom. The molecule has 3 aromatic rings. The Bertz CT molecular complexity index is 1000. The largest absolute Gasteiger partial charge is 0.460 e. The molecule has 0 saturated carbocycles. The number of esters is 1. The molecular formula is C22H17NO5. The van der Waals surface area contributed by atoms with Gasteiger partial charge in [-0.1, -0.05) is 42.5 Å². The van der Waals surface area contributed by atoms with E-state index in [0.29, 0.717) is 23.1 Å². The minimum atomic E-state index is -0.578. The molecule has 4 rings (SSSR count). The van der Waals surface area contributed by atoms with Gasteiger partial charge in [0.05, 0.1) is 24.0 Å². The second kappa shape index (κ2) is 7.52. The lowest BCUT2D eigenvalue weighted by atomic mass is 10.1. The SMILES string of the molecule is O=C(OCCCN1C(=O)c2ccccc2C1=O)c1occc1-c1ccccc1. The summed E-state index contributed by atoms with van der Waals surface area (Å²) in [5, 5.41) is 0. The molecule has 0 aliphatic carbocycles. The molecule has 0 N–H and O–H groups in total. The molecule has 2 aromatic carbocycles. The van der Waals surface area contributed by atoms with Gasteiger partial charge in [-0.2, -0.15) is 0 Å². The van der Waals surface area contributed by atoms with Crippen molar-refractivity contribution in [3.05, 3.63) is 83.8 Å². The minimum absolute atomic E-state index is 0.0706. The van der Waals surface area contributed by atoms with E-state index >= 15 is 0 Å². The van der Waals surface area contributed by atoms with Crippen LogP contribution in [0.1, 0.15) is 37.7 Å². The highest BCUT2D eigenvalue weighted by atomic mass is 16.5. The van der Waals surface area contributed by atoms with Crippen LogP contribution in [0.4, 0.5) is 0 Å². The van der Waals surface area contributed by atoms with Gasteiger partial charge in [-0.3, -0.25) is 14.5 Å². The number of amides is 2. The molecule has 140 valence electrons. The Balaban J connectivity index is 1.34. The van der Waals surface area contributed by atoms with Gasteiger partial charge in [-0.05, 0) is 30.2 Å². The van der Waals surface area contributed by atoms with Crippen molar-refractivity contribution in [2.75, 3.05) is 13.2 Å². The third-order valence-corrected chi connectivity index (χ3v) is 4.57. The molecule has 0 spiro atoms. The first-order valence-corrected chi connectivity index (χ1v) is 8.92. The second-order valence-corrected chi connectivity index (χ2v) is 6.33. The van der Waals surface area contributed by atoms with E-state index in [1.807, 2.05) is 30.3 Å². The molecule has 2 amide bonds. The predicted octanol–water partition coefficient (Wildman–Crippen LogP) is 3.79. The van der Waals surface area contributed by atoms with Crippen LogP contribution in [0.15, 0.2) is 71.3 Å². The maximum atomic E-state index is 12.3. The number of hydrogen-bond acceptors (Lipinski definition) is 5.